The minimum absolute atomic E-state index is 0. The number of nitrogens with one attached hydrogen (secondary N) is 2. The summed E-state index contributed by atoms with van der Waals surface area (Å²) in [5.41, 5.74) is 0.894. The maximum absolute atomic E-state index is 12.9. The van der Waals surface area contributed by atoms with Crippen molar-refractivity contribution in [3.8, 4) is 0 Å². The van der Waals surface area contributed by atoms with Crippen LogP contribution in [0.1, 0.15) is 25.8 Å². The molecule has 5 nitrogen and oxygen atoms in total. The van der Waals surface area contributed by atoms with Gasteiger partial charge in [0.05, 0.1) is 5.75 Å². The van der Waals surface area contributed by atoms with Crippen molar-refractivity contribution >= 4 is 39.8 Å². The summed E-state index contributed by atoms with van der Waals surface area (Å²) >= 11 is 0. The van der Waals surface area contributed by atoms with Crippen molar-refractivity contribution < 1.29 is 12.8 Å². The Hall–Kier alpha value is -0.900. The molecule has 2 N–H and O–H groups in total. The first-order valence-electron chi connectivity index (χ1n) is 7.98. The summed E-state index contributed by atoms with van der Waals surface area (Å²) < 4.78 is 35.4. The first-order chi connectivity index (χ1) is 11.1. The summed E-state index contributed by atoms with van der Waals surface area (Å²) in [6, 6.07) is 6.43. The number of sulfone groups is 1. The van der Waals surface area contributed by atoms with Gasteiger partial charge in [-0.15, -0.1) is 24.0 Å². The zero-order valence-electron chi connectivity index (χ0n) is 15.3. The lowest BCUT2D eigenvalue weighted by molar-refractivity contribution is 0.348. The predicted molar refractivity (Wildman–Crippen MR) is 113 cm³/mol. The Labute approximate surface area is 167 Å². The highest BCUT2D eigenvalue weighted by Crippen LogP contribution is 2.19. The van der Waals surface area contributed by atoms with Gasteiger partial charge in [0.1, 0.15) is 15.7 Å². The zero-order valence-corrected chi connectivity index (χ0v) is 18.4. The van der Waals surface area contributed by atoms with Crippen LogP contribution < -0.4 is 10.6 Å². The highest BCUT2D eigenvalue weighted by atomic mass is 127. The van der Waals surface area contributed by atoms with E-state index in [9.17, 15) is 12.8 Å². The molecule has 1 aromatic rings. The Morgan fingerprint density at radius 1 is 1.20 bits per heavy atom. The van der Waals surface area contributed by atoms with Gasteiger partial charge in [-0.25, -0.2) is 12.8 Å². The van der Waals surface area contributed by atoms with E-state index < -0.39 is 9.84 Å². The molecule has 0 aliphatic heterocycles. The summed E-state index contributed by atoms with van der Waals surface area (Å²) in [6.07, 6.45) is 2.61. The van der Waals surface area contributed by atoms with Crippen molar-refractivity contribution in [1.82, 2.24) is 10.6 Å². The Bertz CT molecular complexity index is 646. The normalized spacial score (nSPS) is 12.4. The first-order valence-corrected chi connectivity index (χ1v) is 10.0. The van der Waals surface area contributed by atoms with Gasteiger partial charge in [0.2, 0.25) is 0 Å². The van der Waals surface area contributed by atoms with Crippen molar-refractivity contribution in [3.63, 3.8) is 0 Å². The van der Waals surface area contributed by atoms with E-state index in [1.165, 1.54) is 18.4 Å². The average Bonchev–Trinajstić information content (AvgIpc) is 2.50. The molecule has 0 saturated carbocycles. The molecular weight excluding hydrogens is 456 g/mol. The van der Waals surface area contributed by atoms with Gasteiger partial charge in [-0.2, -0.15) is 0 Å². The Balaban J connectivity index is 0.00000576. The monoisotopic (exact) mass is 485 g/mol. The van der Waals surface area contributed by atoms with Crippen molar-refractivity contribution in [2.24, 2.45) is 10.4 Å². The molecule has 0 aliphatic rings. The van der Waals surface area contributed by atoms with Crippen molar-refractivity contribution in [2.75, 3.05) is 32.1 Å². The minimum Gasteiger partial charge on any atom is -0.356 e. The van der Waals surface area contributed by atoms with Crippen molar-refractivity contribution in [2.45, 2.75) is 26.7 Å². The second-order valence-corrected chi connectivity index (χ2v) is 9.03. The minimum atomic E-state index is -2.95. The van der Waals surface area contributed by atoms with Crippen LogP contribution in [0, 0.1) is 11.2 Å². The highest BCUT2D eigenvalue weighted by molar-refractivity contribution is 14.0. The summed E-state index contributed by atoms with van der Waals surface area (Å²) in [4.78, 5) is 4.16. The molecule has 0 amide bonds. The molecule has 144 valence electrons. The van der Waals surface area contributed by atoms with E-state index in [0.717, 1.165) is 12.0 Å². The molecule has 0 radical (unpaired) electrons. The molecule has 1 rings (SSSR count). The quantitative estimate of drug-likeness (QED) is 0.338. The molecule has 0 atom stereocenters. The second-order valence-electron chi connectivity index (χ2n) is 6.77. The van der Waals surface area contributed by atoms with Gasteiger partial charge in [-0.05, 0) is 36.0 Å². The summed E-state index contributed by atoms with van der Waals surface area (Å²) in [7, 11) is -1.26. The lowest BCUT2D eigenvalue weighted by atomic mass is 9.90. The molecule has 1 aromatic carbocycles. The molecule has 0 spiro atoms. The SMILES string of the molecule is CN=C(NCCc1ccc(F)cc1)NCC(C)(C)CCS(C)(=O)=O.I. The van der Waals surface area contributed by atoms with E-state index in [1.54, 1.807) is 19.2 Å². The van der Waals surface area contributed by atoms with Crippen molar-refractivity contribution in [3.05, 3.63) is 35.6 Å². The van der Waals surface area contributed by atoms with Crippen LogP contribution in [0.4, 0.5) is 4.39 Å². The van der Waals surface area contributed by atoms with E-state index in [4.69, 9.17) is 0 Å². The number of rotatable bonds is 8. The summed E-state index contributed by atoms with van der Waals surface area (Å²) in [5.74, 6) is 0.614. The van der Waals surface area contributed by atoms with Crippen molar-refractivity contribution in [1.29, 1.82) is 0 Å². The van der Waals surface area contributed by atoms with E-state index >= 15 is 0 Å². The smallest absolute Gasteiger partial charge is 0.191 e. The average molecular weight is 485 g/mol. The lowest BCUT2D eigenvalue weighted by Gasteiger charge is -2.25. The topological polar surface area (TPSA) is 70.6 Å². The van der Waals surface area contributed by atoms with Crippen LogP contribution in [0.15, 0.2) is 29.3 Å². The molecule has 0 fully saturated rings. The molecule has 8 heteroatoms. The summed E-state index contributed by atoms with van der Waals surface area (Å²) in [6.45, 7) is 5.35. The maximum Gasteiger partial charge on any atom is 0.191 e. The first kappa shape index (κ1) is 24.1. The number of halogens is 2. The van der Waals surface area contributed by atoms with Gasteiger partial charge in [0.15, 0.2) is 5.96 Å². The van der Waals surface area contributed by atoms with Crippen LogP contribution in [-0.2, 0) is 16.3 Å². The van der Waals surface area contributed by atoms with Crippen LogP contribution in [0.25, 0.3) is 0 Å². The maximum atomic E-state index is 12.9. The molecule has 0 saturated heterocycles. The van der Waals surface area contributed by atoms with Crippen LogP contribution in [0.3, 0.4) is 0 Å². The third-order valence-electron chi connectivity index (χ3n) is 3.73. The standard InChI is InChI=1S/C17H28FN3O2S.HI/c1-17(2,10-12-24(4,22)23)13-21-16(19-3)20-11-9-14-5-7-15(18)8-6-14;/h5-8H,9-13H2,1-4H3,(H2,19,20,21);1H. The van der Waals surface area contributed by atoms with Crippen LogP contribution in [-0.4, -0.2) is 46.5 Å². The molecule has 0 aromatic heterocycles. The molecule has 0 bridgehead atoms. The fourth-order valence-corrected chi connectivity index (χ4v) is 2.99. The van der Waals surface area contributed by atoms with Gasteiger partial charge < -0.3 is 10.6 Å². The van der Waals surface area contributed by atoms with Crippen LogP contribution in [0.5, 0.6) is 0 Å². The number of hydrogen-bond donors (Lipinski definition) is 2. The fraction of sp³-hybridized carbons (Fsp3) is 0.588. The van der Waals surface area contributed by atoms with E-state index in [-0.39, 0.29) is 41.0 Å². The Morgan fingerprint density at radius 2 is 1.80 bits per heavy atom. The van der Waals surface area contributed by atoms with Gasteiger partial charge >= 0.3 is 0 Å². The lowest BCUT2D eigenvalue weighted by Crippen LogP contribution is -2.43. The third-order valence-corrected chi connectivity index (χ3v) is 4.67. The predicted octanol–water partition coefficient (Wildman–Crippen LogP) is 2.61. The number of nitrogens with zero attached hydrogens (tertiary/aromatic N) is 1. The molecule has 0 unspecified atom stereocenters. The van der Waals surface area contributed by atoms with Gasteiger partial charge in [0.25, 0.3) is 0 Å². The third kappa shape index (κ3) is 11.4. The molecule has 0 heterocycles. The number of aliphatic imine (C=N–C) groups is 1. The molecular formula is C17H29FIN3O2S. The zero-order chi connectivity index (χ0) is 18.2. The number of guanidine groups is 1. The van der Waals surface area contributed by atoms with Gasteiger partial charge in [-0.3, -0.25) is 4.99 Å². The van der Waals surface area contributed by atoms with Crippen LogP contribution >= 0.6 is 24.0 Å². The Morgan fingerprint density at radius 3 is 2.32 bits per heavy atom. The summed E-state index contributed by atoms with van der Waals surface area (Å²) in [5, 5.41) is 6.43. The second kappa shape index (κ2) is 10.9. The Kier molecular flexibility index (Phi) is 10.6. The molecule has 25 heavy (non-hydrogen) atoms. The van der Waals surface area contributed by atoms with E-state index in [2.05, 4.69) is 15.6 Å². The van der Waals surface area contributed by atoms with Gasteiger partial charge in [0, 0.05) is 26.4 Å². The van der Waals surface area contributed by atoms with Gasteiger partial charge in [-0.1, -0.05) is 26.0 Å². The van der Waals surface area contributed by atoms with Crippen LogP contribution in [0.2, 0.25) is 0 Å². The fourth-order valence-electron chi connectivity index (χ4n) is 2.07. The highest BCUT2D eigenvalue weighted by Gasteiger charge is 2.20. The largest absolute Gasteiger partial charge is 0.356 e. The number of hydrogen-bond acceptors (Lipinski definition) is 3. The number of benzene rings is 1. The van der Waals surface area contributed by atoms with E-state index in [0.29, 0.717) is 25.5 Å². The van der Waals surface area contributed by atoms with E-state index in [1.807, 2.05) is 13.8 Å². The molecule has 0 aliphatic carbocycles.